The number of ether oxygens (including phenoxy) is 1. The number of hydrogen-bond donors (Lipinski definition) is 1. The Bertz CT molecular complexity index is 619. The van der Waals surface area contributed by atoms with E-state index in [0.717, 1.165) is 16.5 Å². The molecule has 0 aliphatic carbocycles. The maximum absolute atomic E-state index is 5.39. The highest BCUT2D eigenvalue weighted by atomic mass is 16.5. The molecule has 0 saturated heterocycles. The van der Waals surface area contributed by atoms with Gasteiger partial charge in [0.2, 0.25) is 5.95 Å². The Labute approximate surface area is 106 Å². The van der Waals surface area contributed by atoms with Crippen LogP contribution in [0.1, 0.15) is 12.5 Å². The Morgan fingerprint density at radius 2 is 2.11 bits per heavy atom. The number of aromatic nitrogens is 2. The number of rotatable bonds is 4. The lowest BCUT2D eigenvalue weighted by atomic mass is 10.1. The summed E-state index contributed by atoms with van der Waals surface area (Å²) in [5, 5.41) is 3.88. The summed E-state index contributed by atoms with van der Waals surface area (Å²) < 4.78 is 5.39. The van der Waals surface area contributed by atoms with Crippen molar-refractivity contribution in [1.82, 2.24) is 9.97 Å². The second-order valence-corrected chi connectivity index (χ2v) is 3.94. The zero-order valence-corrected chi connectivity index (χ0v) is 10.5. The minimum Gasteiger partial charge on any atom is -0.463 e. The maximum atomic E-state index is 5.39. The molecule has 0 saturated carbocycles. The summed E-state index contributed by atoms with van der Waals surface area (Å²) in [5.41, 5.74) is 1.73. The molecule has 92 valence electrons. The van der Waals surface area contributed by atoms with Gasteiger partial charge in [-0.3, -0.25) is 0 Å². The van der Waals surface area contributed by atoms with Crippen LogP contribution in [0.15, 0.2) is 43.3 Å². The Hall–Kier alpha value is -2.36. The van der Waals surface area contributed by atoms with Crippen LogP contribution in [0.3, 0.4) is 0 Å². The van der Waals surface area contributed by atoms with Crippen molar-refractivity contribution in [2.75, 3.05) is 12.4 Å². The van der Waals surface area contributed by atoms with Crippen molar-refractivity contribution in [3.05, 3.63) is 48.9 Å². The van der Waals surface area contributed by atoms with Gasteiger partial charge in [0.25, 0.3) is 0 Å². The number of allylic oxidation sites excluding steroid dienone is 1. The van der Waals surface area contributed by atoms with Crippen molar-refractivity contribution < 1.29 is 4.74 Å². The van der Waals surface area contributed by atoms with Crippen molar-refractivity contribution in [3.8, 4) is 0 Å². The largest absolute Gasteiger partial charge is 0.463 e. The quantitative estimate of drug-likeness (QED) is 0.835. The van der Waals surface area contributed by atoms with Crippen molar-refractivity contribution >= 4 is 22.6 Å². The summed E-state index contributed by atoms with van der Waals surface area (Å²) in [6, 6.07) is 5.79. The lowest BCUT2D eigenvalue weighted by molar-refractivity contribution is 0.388. The molecular formula is C14H15N3O. The third-order valence-corrected chi connectivity index (χ3v) is 2.43. The molecule has 0 unspecified atom stereocenters. The van der Waals surface area contributed by atoms with Gasteiger partial charge in [0.15, 0.2) is 0 Å². The molecule has 1 aromatic heterocycles. The summed E-state index contributed by atoms with van der Waals surface area (Å²) in [6.45, 7) is 9.35. The third kappa shape index (κ3) is 2.48. The van der Waals surface area contributed by atoms with Crippen LogP contribution in [-0.4, -0.2) is 17.0 Å². The van der Waals surface area contributed by atoms with Crippen LogP contribution in [0.25, 0.3) is 16.7 Å². The fraction of sp³-hybridized carbons (Fsp3) is 0.143. The Balaban J connectivity index is 2.42. The number of hydrogen-bond acceptors (Lipinski definition) is 4. The smallest absolute Gasteiger partial charge is 0.222 e. The van der Waals surface area contributed by atoms with E-state index in [9.17, 15) is 0 Å². The number of benzene rings is 1. The normalized spacial score (nSPS) is 10.1. The Morgan fingerprint density at radius 1 is 1.33 bits per heavy atom. The SMILES string of the molecule is C=C(C)OC(=C)c1ccc2cnc(NC)nc2c1. The van der Waals surface area contributed by atoms with Gasteiger partial charge in [-0.15, -0.1) is 0 Å². The van der Waals surface area contributed by atoms with E-state index in [1.807, 2.05) is 18.2 Å². The van der Waals surface area contributed by atoms with Crippen LogP contribution in [0.4, 0.5) is 5.95 Å². The van der Waals surface area contributed by atoms with E-state index in [-0.39, 0.29) is 0 Å². The summed E-state index contributed by atoms with van der Waals surface area (Å²) in [7, 11) is 1.79. The Kier molecular flexibility index (Phi) is 3.28. The van der Waals surface area contributed by atoms with E-state index in [1.54, 1.807) is 20.2 Å². The van der Waals surface area contributed by atoms with Crippen LogP contribution in [0.2, 0.25) is 0 Å². The maximum Gasteiger partial charge on any atom is 0.222 e. The van der Waals surface area contributed by atoms with Crippen molar-refractivity contribution in [3.63, 3.8) is 0 Å². The monoisotopic (exact) mass is 241 g/mol. The lowest BCUT2D eigenvalue weighted by Crippen LogP contribution is -1.96. The molecule has 1 aromatic carbocycles. The zero-order valence-electron chi connectivity index (χ0n) is 10.5. The standard InChI is InChI=1S/C14H15N3O/c1-9(2)18-10(3)11-5-6-12-8-16-14(15-4)17-13(12)7-11/h5-8H,1,3H2,2,4H3,(H,15,16,17). The summed E-state index contributed by atoms with van der Waals surface area (Å²) >= 11 is 0. The van der Waals surface area contributed by atoms with Gasteiger partial charge in [0.1, 0.15) is 5.76 Å². The van der Waals surface area contributed by atoms with Gasteiger partial charge in [-0.1, -0.05) is 25.3 Å². The average molecular weight is 241 g/mol. The predicted molar refractivity (Wildman–Crippen MR) is 74.0 cm³/mol. The molecule has 0 aliphatic heterocycles. The summed E-state index contributed by atoms with van der Waals surface area (Å²) in [5.74, 6) is 1.76. The summed E-state index contributed by atoms with van der Waals surface area (Å²) in [4.78, 5) is 8.53. The molecule has 0 spiro atoms. The van der Waals surface area contributed by atoms with E-state index in [2.05, 4.69) is 28.4 Å². The van der Waals surface area contributed by atoms with Crippen LogP contribution in [0.5, 0.6) is 0 Å². The van der Waals surface area contributed by atoms with Crippen molar-refractivity contribution in [2.45, 2.75) is 6.92 Å². The second kappa shape index (κ2) is 4.87. The molecule has 4 heteroatoms. The molecule has 1 heterocycles. The average Bonchev–Trinajstić information content (AvgIpc) is 2.36. The van der Waals surface area contributed by atoms with Gasteiger partial charge < -0.3 is 10.1 Å². The number of fused-ring (bicyclic) bond motifs is 1. The van der Waals surface area contributed by atoms with E-state index < -0.39 is 0 Å². The molecule has 2 rings (SSSR count). The highest BCUT2D eigenvalue weighted by Crippen LogP contribution is 2.21. The van der Waals surface area contributed by atoms with Gasteiger partial charge in [0.05, 0.1) is 11.3 Å². The minimum atomic E-state index is 0.564. The lowest BCUT2D eigenvalue weighted by Gasteiger charge is -2.09. The first kappa shape index (κ1) is 12.1. The topological polar surface area (TPSA) is 47.0 Å². The molecular weight excluding hydrogens is 226 g/mol. The van der Waals surface area contributed by atoms with Gasteiger partial charge >= 0.3 is 0 Å². The first-order valence-electron chi connectivity index (χ1n) is 5.57. The molecule has 0 amide bonds. The molecule has 2 aromatic rings. The molecule has 0 bridgehead atoms. The van der Waals surface area contributed by atoms with Crippen LogP contribution in [0, 0.1) is 0 Å². The second-order valence-electron chi connectivity index (χ2n) is 3.94. The van der Waals surface area contributed by atoms with Crippen molar-refractivity contribution in [1.29, 1.82) is 0 Å². The molecule has 1 N–H and O–H groups in total. The van der Waals surface area contributed by atoms with Gasteiger partial charge in [-0.05, 0) is 13.0 Å². The fourth-order valence-electron chi connectivity index (χ4n) is 1.59. The Morgan fingerprint density at radius 3 is 2.78 bits per heavy atom. The fourth-order valence-corrected chi connectivity index (χ4v) is 1.59. The molecule has 0 radical (unpaired) electrons. The van der Waals surface area contributed by atoms with Gasteiger partial charge in [-0.2, -0.15) is 0 Å². The zero-order chi connectivity index (χ0) is 13.1. The first-order valence-corrected chi connectivity index (χ1v) is 5.57. The first-order chi connectivity index (χ1) is 8.60. The van der Waals surface area contributed by atoms with E-state index >= 15 is 0 Å². The molecule has 0 fully saturated rings. The molecule has 0 atom stereocenters. The van der Waals surface area contributed by atoms with E-state index in [1.165, 1.54) is 0 Å². The van der Waals surface area contributed by atoms with Crippen LogP contribution >= 0.6 is 0 Å². The van der Waals surface area contributed by atoms with Gasteiger partial charge in [-0.25, -0.2) is 9.97 Å². The van der Waals surface area contributed by atoms with E-state index in [0.29, 0.717) is 17.5 Å². The molecule has 0 aliphatic rings. The molecule has 18 heavy (non-hydrogen) atoms. The number of nitrogens with one attached hydrogen (secondary N) is 1. The van der Waals surface area contributed by atoms with Crippen LogP contribution < -0.4 is 5.32 Å². The van der Waals surface area contributed by atoms with Gasteiger partial charge in [0, 0.05) is 24.2 Å². The predicted octanol–water partition coefficient (Wildman–Crippen LogP) is 3.19. The number of anilines is 1. The van der Waals surface area contributed by atoms with Crippen LogP contribution in [-0.2, 0) is 4.74 Å². The van der Waals surface area contributed by atoms with Crippen molar-refractivity contribution in [2.24, 2.45) is 0 Å². The molecule has 4 nitrogen and oxygen atoms in total. The minimum absolute atomic E-state index is 0.564. The third-order valence-electron chi connectivity index (χ3n) is 2.43. The highest BCUT2D eigenvalue weighted by Gasteiger charge is 2.04. The van der Waals surface area contributed by atoms with E-state index in [4.69, 9.17) is 4.74 Å². The summed E-state index contributed by atoms with van der Waals surface area (Å²) in [6.07, 6.45) is 1.78. The highest BCUT2D eigenvalue weighted by molar-refractivity contribution is 5.82. The number of nitrogens with zero attached hydrogens (tertiary/aromatic N) is 2.